The molecule has 2 aromatic carbocycles. The van der Waals surface area contributed by atoms with Gasteiger partial charge >= 0.3 is 0 Å². The summed E-state index contributed by atoms with van der Waals surface area (Å²) in [5.41, 5.74) is 2.72. The Labute approximate surface area is 145 Å². The summed E-state index contributed by atoms with van der Waals surface area (Å²) in [6.07, 6.45) is 1.56. The maximum Gasteiger partial charge on any atom is 0.292 e. The Morgan fingerprint density at radius 1 is 1.08 bits per heavy atom. The second-order valence-electron chi connectivity index (χ2n) is 6.02. The van der Waals surface area contributed by atoms with Gasteiger partial charge in [-0.2, -0.15) is 0 Å². The molecular formula is C19H18ClNO3. The Bertz CT molecular complexity index is 756. The van der Waals surface area contributed by atoms with E-state index in [-0.39, 0.29) is 5.91 Å². The van der Waals surface area contributed by atoms with Crippen molar-refractivity contribution in [3.8, 4) is 0 Å². The van der Waals surface area contributed by atoms with Crippen LogP contribution in [0.3, 0.4) is 0 Å². The number of rotatable bonds is 3. The quantitative estimate of drug-likeness (QED) is 0.856. The summed E-state index contributed by atoms with van der Waals surface area (Å²) in [5.74, 6) is -1.48. The normalized spacial score (nSPS) is 18.9. The van der Waals surface area contributed by atoms with Gasteiger partial charge in [0.25, 0.3) is 11.7 Å². The fraction of sp³-hybridized carbons (Fsp3) is 0.316. The molecule has 0 aliphatic carbocycles. The van der Waals surface area contributed by atoms with Gasteiger partial charge in [-0.1, -0.05) is 41.9 Å². The molecule has 0 aromatic heterocycles. The minimum Gasteiger partial charge on any atom is -0.338 e. The Morgan fingerprint density at radius 3 is 2.58 bits per heavy atom. The molecule has 0 saturated carbocycles. The Balaban J connectivity index is 1.67. The highest BCUT2D eigenvalue weighted by Crippen LogP contribution is 2.46. The lowest BCUT2D eigenvalue weighted by Gasteiger charge is -2.32. The highest BCUT2D eigenvalue weighted by atomic mass is 35.5. The highest BCUT2D eigenvalue weighted by Gasteiger charge is 2.54. The number of hydrogen-bond donors (Lipinski definition) is 0. The molecule has 0 atom stereocenters. The zero-order valence-corrected chi connectivity index (χ0v) is 14.0. The first-order valence-electron chi connectivity index (χ1n) is 8.14. The molecule has 2 aromatic rings. The van der Waals surface area contributed by atoms with Crippen molar-refractivity contribution in [2.75, 3.05) is 24.7 Å². The summed E-state index contributed by atoms with van der Waals surface area (Å²) in [6.45, 7) is 1.58. The number of ether oxygens (including phenoxy) is 2. The van der Waals surface area contributed by atoms with Gasteiger partial charge in [0.2, 0.25) is 0 Å². The largest absolute Gasteiger partial charge is 0.338 e. The van der Waals surface area contributed by atoms with E-state index < -0.39 is 5.79 Å². The third-order valence-electron chi connectivity index (χ3n) is 4.50. The van der Waals surface area contributed by atoms with Crippen molar-refractivity contribution in [1.82, 2.24) is 0 Å². The average molecular weight is 344 g/mol. The molecule has 2 aliphatic rings. The van der Waals surface area contributed by atoms with Crippen LogP contribution in [0.2, 0.25) is 5.02 Å². The SMILES string of the molecule is O=C1N(CCc2ccccc2)c2ccc(Cl)cc2C12OCCCO2. The van der Waals surface area contributed by atoms with Crippen LogP contribution in [0.1, 0.15) is 17.5 Å². The van der Waals surface area contributed by atoms with Crippen LogP contribution in [-0.2, 0) is 26.5 Å². The predicted molar refractivity (Wildman–Crippen MR) is 92.2 cm³/mol. The smallest absolute Gasteiger partial charge is 0.292 e. The Kier molecular flexibility index (Phi) is 4.04. The third-order valence-corrected chi connectivity index (χ3v) is 4.73. The van der Waals surface area contributed by atoms with E-state index in [1.807, 2.05) is 24.3 Å². The van der Waals surface area contributed by atoms with E-state index in [0.29, 0.717) is 30.3 Å². The number of halogens is 1. The predicted octanol–water partition coefficient (Wildman–Crippen LogP) is 3.52. The van der Waals surface area contributed by atoms with Gasteiger partial charge in [-0.05, 0) is 36.6 Å². The molecule has 1 saturated heterocycles. The molecular weight excluding hydrogens is 326 g/mol. The maximum atomic E-state index is 13.1. The van der Waals surface area contributed by atoms with Crippen LogP contribution >= 0.6 is 11.6 Å². The van der Waals surface area contributed by atoms with Gasteiger partial charge in [0, 0.05) is 17.1 Å². The van der Waals surface area contributed by atoms with Gasteiger partial charge in [-0.3, -0.25) is 4.79 Å². The standard InChI is InChI=1S/C19H18ClNO3/c20-15-7-8-17-16(13-15)19(23-11-4-12-24-19)18(22)21(17)10-9-14-5-2-1-3-6-14/h1-3,5-8,13H,4,9-12H2. The van der Waals surface area contributed by atoms with E-state index in [4.69, 9.17) is 21.1 Å². The van der Waals surface area contributed by atoms with E-state index in [1.165, 1.54) is 5.56 Å². The monoisotopic (exact) mass is 343 g/mol. The van der Waals surface area contributed by atoms with E-state index in [2.05, 4.69) is 12.1 Å². The molecule has 2 aliphatic heterocycles. The van der Waals surface area contributed by atoms with E-state index >= 15 is 0 Å². The average Bonchev–Trinajstić information content (AvgIpc) is 2.83. The molecule has 2 heterocycles. The lowest BCUT2D eigenvalue weighted by molar-refractivity contribution is -0.256. The van der Waals surface area contributed by atoms with Crippen LogP contribution in [-0.4, -0.2) is 25.7 Å². The minimum absolute atomic E-state index is 0.157. The first-order chi connectivity index (χ1) is 11.7. The number of fused-ring (bicyclic) bond motifs is 2. The van der Waals surface area contributed by atoms with Crippen molar-refractivity contribution in [2.45, 2.75) is 18.6 Å². The first-order valence-corrected chi connectivity index (χ1v) is 8.52. The van der Waals surface area contributed by atoms with Crippen molar-refractivity contribution in [1.29, 1.82) is 0 Å². The molecule has 0 radical (unpaired) electrons. The van der Waals surface area contributed by atoms with Gasteiger partial charge in [0.15, 0.2) is 0 Å². The van der Waals surface area contributed by atoms with E-state index in [1.54, 1.807) is 17.0 Å². The maximum absolute atomic E-state index is 13.1. The summed E-state index contributed by atoms with van der Waals surface area (Å²) < 4.78 is 11.7. The van der Waals surface area contributed by atoms with Crippen LogP contribution in [0.25, 0.3) is 0 Å². The molecule has 4 rings (SSSR count). The molecule has 1 amide bonds. The fourth-order valence-electron chi connectivity index (χ4n) is 3.33. The molecule has 0 unspecified atom stereocenters. The van der Waals surface area contributed by atoms with Crippen molar-refractivity contribution in [2.24, 2.45) is 0 Å². The van der Waals surface area contributed by atoms with Crippen LogP contribution < -0.4 is 4.90 Å². The number of carbonyl (C=O) groups excluding carboxylic acids is 1. The van der Waals surface area contributed by atoms with E-state index in [0.717, 1.165) is 18.5 Å². The highest BCUT2D eigenvalue weighted by molar-refractivity contribution is 6.31. The summed E-state index contributed by atoms with van der Waals surface area (Å²) in [4.78, 5) is 14.9. The minimum atomic E-state index is -1.32. The second-order valence-corrected chi connectivity index (χ2v) is 6.46. The summed E-state index contributed by atoms with van der Waals surface area (Å²) in [6, 6.07) is 15.6. The van der Waals surface area contributed by atoms with Crippen LogP contribution in [0.4, 0.5) is 5.69 Å². The Hall–Kier alpha value is -1.88. The number of anilines is 1. The number of amides is 1. The van der Waals surface area contributed by atoms with Gasteiger partial charge in [-0.15, -0.1) is 0 Å². The topological polar surface area (TPSA) is 38.8 Å². The second kappa shape index (κ2) is 6.20. The third kappa shape index (κ3) is 2.51. The van der Waals surface area contributed by atoms with Crippen molar-refractivity contribution >= 4 is 23.2 Å². The van der Waals surface area contributed by atoms with Crippen molar-refractivity contribution in [3.05, 3.63) is 64.7 Å². The lowest BCUT2D eigenvalue weighted by Crippen LogP contribution is -2.47. The summed E-state index contributed by atoms with van der Waals surface area (Å²) >= 11 is 6.15. The molecule has 24 heavy (non-hydrogen) atoms. The van der Waals surface area contributed by atoms with Crippen LogP contribution in [0, 0.1) is 0 Å². The van der Waals surface area contributed by atoms with Crippen molar-refractivity contribution in [3.63, 3.8) is 0 Å². The zero-order valence-electron chi connectivity index (χ0n) is 13.2. The van der Waals surface area contributed by atoms with Crippen LogP contribution in [0.5, 0.6) is 0 Å². The molecule has 1 fully saturated rings. The summed E-state index contributed by atoms with van der Waals surface area (Å²) in [5, 5.41) is 0.573. The number of benzene rings is 2. The summed E-state index contributed by atoms with van der Waals surface area (Å²) in [7, 11) is 0. The molecule has 4 nitrogen and oxygen atoms in total. The van der Waals surface area contributed by atoms with Gasteiger partial charge in [-0.25, -0.2) is 0 Å². The molecule has 0 bridgehead atoms. The van der Waals surface area contributed by atoms with Crippen molar-refractivity contribution < 1.29 is 14.3 Å². The number of nitrogens with zero attached hydrogens (tertiary/aromatic N) is 1. The van der Waals surface area contributed by atoms with Gasteiger partial charge in [0.1, 0.15) is 0 Å². The zero-order chi connectivity index (χ0) is 16.6. The lowest BCUT2D eigenvalue weighted by atomic mass is 10.1. The van der Waals surface area contributed by atoms with E-state index in [9.17, 15) is 4.79 Å². The first kappa shape index (κ1) is 15.6. The number of carbonyl (C=O) groups is 1. The molecule has 124 valence electrons. The number of hydrogen-bond acceptors (Lipinski definition) is 3. The van der Waals surface area contributed by atoms with Crippen LogP contribution in [0.15, 0.2) is 48.5 Å². The Morgan fingerprint density at radius 2 is 1.83 bits per heavy atom. The molecule has 0 N–H and O–H groups in total. The molecule has 1 spiro atoms. The molecule has 5 heteroatoms. The fourth-order valence-corrected chi connectivity index (χ4v) is 3.50. The van der Waals surface area contributed by atoms with Gasteiger partial charge < -0.3 is 14.4 Å². The van der Waals surface area contributed by atoms with Gasteiger partial charge in [0.05, 0.1) is 18.9 Å².